The van der Waals surface area contributed by atoms with Crippen molar-refractivity contribution in [3.05, 3.63) is 18.0 Å². The van der Waals surface area contributed by atoms with Gasteiger partial charge in [-0.15, -0.1) is 0 Å². The third-order valence-electron chi connectivity index (χ3n) is 4.66. The van der Waals surface area contributed by atoms with Crippen molar-refractivity contribution in [3.63, 3.8) is 0 Å². The van der Waals surface area contributed by atoms with E-state index in [0.717, 1.165) is 13.0 Å². The molecule has 0 amide bonds. The largest absolute Gasteiger partial charge is 0.314 e. The van der Waals surface area contributed by atoms with E-state index in [9.17, 15) is 0 Å². The standard InChI is InChI=1S/C18H33N3/c1-3-5-9-16(19-13-4-2)15-17-12-14-21(20-17)18-10-7-6-8-11-18/h12,14,16,18-19H,3-11,13,15H2,1-2H3. The summed E-state index contributed by atoms with van der Waals surface area (Å²) in [6.07, 6.45) is 15.1. The summed E-state index contributed by atoms with van der Waals surface area (Å²) in [6.45, 7) is 5.63. The first-order chi connectivity index (χ1) is 10.3. The van der Waals surface area contributed by atoms with Gasteiger partial charge in [-0.1, -0.05) is 46.0 Å². The highest BCUT2D eigenvalue weighted by Crippen LogP contribution is 2.27. The maximum Gasteiger partial charge on any atom is 0.0640 e. The van der Waals surface area contributed by atoms with Crippen LogP contribution in [0.5, 0.6) is 0 Å². The molecule has 1 saturated carbocycles. The summed E-state index contributed by atoms with van der Waals surface area (Å²) in [5, 5.41) is 8.56. The van der Waals surface area contributed by atoms with Crippen LogP contribution in [0.4, 0.5) is 0 Å². The van der Waals surface area contributed by atoms with Gasteiger partial charge in [0.05, 0.1) is 11.7 Å². The number of aromatic nitrogens is 2. The van der Waals surface area contributed by atoms with E-state index < -0.39 is 0 Å². The molecule has 0 aliphatic heterocycles. The molecule has 21 heavy (non-hydrogen) atoms. The van der Waals surface area contributed by atoms with E-state index >= 15 is 0 Å². The SMILES string of the molecule is CCCCC(Cc1ccn(C2CCCCC2)n1)NCCC. The van der Waals surface area contributed by atoms with Crippen LogP contribution < -0.4 is 5.32 Å². The van der Waals surface area contributed by atoms with E-state index in [2.05, 4.69) is 36.1 Å². The van der Waals surface area contributed by atoms with Gasteiger partial charge in [0.25, 0.3) is 0 Å². The molecule has 1 atom stereocenters. The summed E-state index contributed by atoms with van der Waals surface area (Å²) in [5.74, 6) is 0. The van der Waals surface area contributed by atoms with Gasteiger partial charge in [-0.25, -0.2) is 0 Å². The minimum Gasteiger partial charge on any atom is -0.314 e. The van der Waals surface area contributed by atoms with Gasteiger partial charge in [0.15, 0.2) is 0 Å². The van der Waals surface area contributed by atoms with E-state index in [1.165, 1.54) is 63.5 Å². The van der Waals surface area contributed by atoms with Gasteiger partial charge < -0.3 is 5.32 Å². The molecule has 3 nitrogen and oxygen atoms in total. The number of unbranched alkanes of at least 4 members (excludes halogenated alkanes) is 1. The molecule has 2 rings (SSSR count). The van der Waals surface area contributed by atoms with Gasteiger partial charge in [0, 0.05) is 18.7 Å². The van der Waals surface area contributed by atoms with Crippen LogP contribution in [0.2, 0.25) is 0 Å². The first kappa shape index (κ1) is 16.5. The van der Waals surface area contributed by atoms with E-state index in [0.29, 0.717) is 12.1 Å². The summed E-state index contributed by atoms with van der Waals surface area (Å²) in [7, 11) is 0. The van der Waals surface area contributed by atoms with Crippen LogP contribution in [0.1, 0.15) is 83.4 Å². The average molecular weight is 291 g/mol. The maximum absolute atomic E-state index is 4.87. The summed E-state index contributed by atoms with van der Waals surface area (Å²) in [4.78, 5) is 0. The molecule has 0 aromatic carbocycles. The maximum atomic E-state index is 4.87. The number of hydrogen-bond donors (Lipinski definition) is 1. The van der Waals surface area contributed by atoms with Crippen molar-refractivity contribution in [3.8, 4) is 0 Å². The zero-order chi connectivity index (χ0) is 14.9. The highest BCUT2D eigenvalue weighted by Gasteiger charge is 2.17. The first-order valence-electron chi connectivity index (χ1n) is 9.11. The van der Waals surface area contributed by atoms with Crippen LogP contribution in [-0.4, -0.2) is 22.4 Å². The second kappa shape index (κ2) is 9.24. The summed E-state index contributed by atoms with van der Waals surface area (Å²) in [5.41, 5.74) is 1.27. The molecule has 1 aromatic heterocycles. The lowest BCUT2D eigenvalue weighted by Crippen LogP contribution is -2.32. The minimum atomic E-state index is 0.597. The molecule has 1 heterocycles. The Morgan fingerprint density at radius 3 is 2.76 bits per heavy atom. The van der Waals surface area contributed by atoms with Gasteiger partial charge in [-0.05, 0) is 38.3 Å². The quantitative estimate of drug-likeness (QED) is 0.726. The number of rotatable bonds is 9. The Balaban J connectivity index is 1.88. The van der Waals surface area contributed by atoms with E-state index in [4.69, 9.17) is 5.10 Å². The predicted molar refractivity (Wildman–Crippen MR) is 89.7 cm³/mol. The van der Waals surface area contributed by atoms with Gasteiger partial charge in [0.2, 0.25) is 0 Å². The molecule has 1 unspecified atom stereocenters. The number of nitrogens with one attached hydrogen (secondary N) is 1. The van der Waals surface area contributed by atoms with Crippen molar-refractivity contribution in [2.24, 2.45) is 0 Å². The highest BCUT2D eigenvalue weighted by molar-refractivity contribution is 5.02. The van der Waals surface area contributed by atoms with Crippen molar-refractivity contribution in [2.75, 3.05) is 6.54 Å². The lowest BCUT2D eigenvalue weighted by molar-refractivity contribution is 0.327. The van der Waals surface area contributed by atoms with Gasteiger partial charge >= 0.3 is 0 Å². The van der Waals surface area contributed by atoms with Crippen LogP contribution in [-0.2, 0) is 6.42 Å². The lowest BCUT2D eigenvalue weighted by Gasteiger charge is -2.22. The Labute approximate surface area is 130 Å². The summed E-state index contributed by atoms with van der Waals surface area (Å²) in [6, 6.07) is 3.49. The summed E-state index contributed by atoms with van der Waals surface area (Å²) < 4.78 is 2.24. The zero-order valence-electron chi connectivity index (χ0n) is 14.0. The second-order valence-electron chi connectivity index (χ2n) is 6.58. The molecule has 3 heteroatoms. The molecular weight excluding hydrogens is 258 g/mol. The van der Waals surface area contributed by atoms with Crippen LogP contribution in [0.15, 0.2) is 12.3 Å². The van der Waals surface area contributed by atoms with Crippen LogP contribution in [0, 0.1) is 0 Å². The molecule has 1 N–H and O–H groups in total. The molecule has 1 aliphatic carbocycles. The van der Waals surface area contributed by atoms with Gasteiger partial charge in [-0.3, -0.25) is 4.68 Å². The molecule has 1 aromatic rings. The molecular formula is C18H33N3. The van der Waals surface area contributed by atoms with Crippen molar-refractivity contribution in [1.29, 1.82) is 0 Å². The molecule has 0 saturated heterocycles. The van der Waals surface area contributed by atoms with E-state index in [-0.39, 0.29) is 0 Å². The Morgan fingerprint density at radius 2 is 2.05 bits per heavy atom. The monoisotopic (exact) mass is 291 g/mol. The second-order valence-corrected chi connectivity index (χ2v) is 6.58. The Bertz CT molecular complexity index is 372. The van der Waals surface area contributed by atoms with Gasteiger partial charge in [0.1, 0.15) is 0 Å². The third-order valence-corrected chi connectivity index (χ3v) is 4.66. The van der Waals surface area contributed by atoms with Crippen molar-refractivity contribution >= 4 is 0 Å². The topological polar surface area (TPSA) is 29.9 Å². The normalized spacial score (nSPS) is 18.0. The fraction of sp³-hybridized carbons (Fsp3) is 0.833. The van der Waals surface area contributed by atoms with Crippen molar-refractivity contribution in [2.45, 2.75) is 90.1 Å². The van der Waals surface area contributed by atoms with Crippen molar-refractivity contribution in [1.82, 2.24) is 15.1 Å². The highest BCUT2D eigenvalue weighted by atomic mass is 15.3. The van der Waals surface area contributed by atoms with Crippen LogP contribution in [0.25, 0.3) is 0 Å². The number of hydrogen-bond acceptors (Lipinski definition) is 2. The molecule has 1 aliphatic rings. The van der Waals surface area contributed by atoms with Gasteiger partial charge in [-0.2, -0.15) is 5.10 Å². The summed E-state index contributed by atoms with van der Waals surface area (Å²) >= 11 is 0. The van der Waals surface area contributed by atoms with E-state index in [1.807, 2.05) is 0 Å². The molecule has 0 radical (unpaired) electrons. The Hall–Kier alpha value is -0.830. The third kappa shape index (κ3) is 5.46. The predicted octanol–water partition coefficient (Wildman–Crippen LogP) is 4.49. The fourth-order valence-electron chi connectivity index (χ4n) is 3.36. The Kier molecular flexibility index (Phi) is 7.28. The van der Waals surface area contributed by atoms with Crippen LogP contribution >= 0.6 is 0 Å². The first-order valence-corrected chi connectivity index (χ1v) is 9.11. The molecule has 0 bridgehead atoms. The lowest BCUT2D eigenvalue weighted by atomic mass is 9.96. The molecule has 120 valence electrons. The average Bonchev–Trinajstić information content (AvgIpc) is 2.99. The van der Waals surface area contributed by atoms with Crippen LogP contribution in [0.3, 0.4) is 0 Å². The van der Waals surface area contributed by atoms with E-state index in [1.54, 1.807) is 0 Å². The minimum absolute atomic E-state index is 0.597. The fourth-order valence-corrected chi connectivity index (χ4v) is 3.36. The molecule has 1 fully saturated rings. The molecule has 0 spiro atoms. The van der Waals surface area contributed by atoms with Crippen molar-refractivity contribution < 1.29 is 0 Å². The smallest absolute Gasteiger partial charge is 0.0640 e. The Morgan fingerprint density at radius 1 is 1.24 bits per heavy atom. The zero-order valence-corrected chi connectivity index (χ0v) is 14.0. The number of nitrogens with zero attached hydrogens (tertiary/aromatic N) is 2.